The van der Waals surface area contributed by atoms with E-state index in [1.807, 2.05) is 0 Å². The van der Waals surface area contributed by atoms with Gasteiger partial charge in [0.2, 0.25) is 0 Å². The molecule has 2 N–H and O–H groups in total. The van der Waals surface area contributed by atoms with Crippen molar-refractivity contribution in [3.05, 3.63) is 0 Å². The lowest BCUT2D eigenvalue weighted by atomic mass is 10.0. The fourth-order valence-corrected chi connectivity index (χ4v) is 1.70. The Morgan fingerprint density at radius 1 is 0.800 bits per heavy atom. The van der Waals surface area contributed by atoms with Crippen LogP contribution >= 0.6 is 0 Å². The van der Waals surface area contributed by atoms with Crippen LogP contribution in [0, 0.1) is 5.41 Å². The fourth-order valence-electron chi connectivity index (χ4n) is 1.70. The lowest BCUT2D eigenvalue weighted by molar-refractivity contribution is 0.387. The van der Waals surface area contributed by atoms with Gasteiger partial charge in [0.1, 0.15) is 0 Å². The maximum absolute atomic E-state index is 3.48. The summed E-state index contributed by atoms with van der Waals surface area (Å²) in [6.07, 6.45) is 4.31. The van der Waals surface area contributed by atoms with Crippen molar-refractivity contribution in [3.63, 3.8) is 0 Å². The van der Waals surface area contributed by atoms with Gasteiger partial charge >= 0.3 is 0 Å². The summed E-state index contributed by atoms with van der Waals surface area (Å²) in [6.45, 7) is 4.81. The molecular weight excluding hydrogens is 124 g/mol. The van der Waals surface area contributed by atoms with Gasteiger partial charge in [0.05, 0.1) is 0 Å². The Balaban J connectivity index is 1.84. The average molecular weight is 140 g/mol. The Bertz CT molecular complexity index is 108. The van der Waals surface area contributed by atoms with E-state index in [9.17, 15) is 0 Å². The third-order valence-electron chi connectivity index (χ3n) is 2.77. The molecule has 1 aliphatic heterocycles. The van der Waals surface area contributed by atoms with E-state index in [1.165, 1.54) is 32.4 Å². The maximum Gasteiger partial charge on any atom is 0.00769 e. The Hall–Kier alpha value is -0.0800. The Morgan fingerprint density at radius 3 is 2.40 bits per heavy atom. The van der Waals surface area contributed by atoms with Crippen LogP contribution in [0.2, 0.25) is 0 Å². The van der Waals surface area contributed by atoms with Gasteiger partial charge < -0.3 is 10.6 Å². The van der Waals surface area contributed by atoms with Gasteiger partial charge in [0.15, 0.2) is 0 Å². The van der Waals surface area contributed by atoms with Gasteiger partial charge in [-0.3, -0.25) is 0 Å². The molecule has 1 aliphatic carbocycles. The SMILES string of the molecule is C1CNCC2(CCN1)CC2. The molecule has 0 aromatic heterocycles. The second-order valence-electron chi connectivity index (χ2n) is 3.68. The third-order valence-corrected chi connectivity index (χ3v) is 2.77. The van der Waals surface area contributed by atoms with E-state index in [1.54, 1.807) is 0 Å². The zero-order chi connectivity index (χ0) is 6.86. The van der Waals surface area contributed by atoms with E-state index in [2.05, 4.69) is 10.6 Å². The third kappa shape index (κ3) is 1.32. The lowest BCUT2D eigenvalue weighted by Crippen LogP contribution is -2.37. The first kappa shape index (κ1) is 6.62. The van der Waals surface area contributed by atoms with Crippen LogP contribution < -0.4 is 10.6 Å². The summed E-state index contributed by atoms with van der Waals surface area (Å²) in [6, 6.07) is 0. The minimum atomic E-state index is 0.730. The van der Waals surface area contributed by atoms with Gasteiger partial charge in [-0.05, 0) is 31.2 Å². The van der Waals surface area contributed by atoms with E-state index in [-0.39, 0.29) is 0 Å². The summed E-state index contributed by atoms with van der Waals surface area (Å²) in [5.74, 6) is 0. The molecule has 10 heavy (non-hydrogen) atoms. The first-order valence-electron chi connectivity index (χ1n) is 4.33. The van der Waals surface area contributed by atoms with Crippen LogP contribution in [-0.2, 0) is 0 Å². The van der Waals surface area contributed by atoms with Crippen molar-refractivity contribution in [1.82, 2.24) is 10.6 Å². The molecule has 1 heterocycles. The molecular formula is C8H16N2. The number of hydrogen-bond acceptors (Lipinski definition) is 2. The molecule has 0 aromatic carbocycles. The molecule has 2 nitrogen and oxygen atoms in total. The van der Waals surface area contributed by atoms with Crippen LogP contribution in [-0.4, -0.2) is 26.2 Å². The van der Waals surface area contributed by atoms with Crippen molar-refractivity contribution in [2.24, 2.45) is 5.41 Å². The molecule has 1 saturated heterocycles. The predicted octanol–water partition coefficient (Wildman–Crippen LogP) is 0.349. The van der Waals surface area contributed by atoms with Gasteiger partial charge in [0, 0.05) is 19.6 Å². The van der Waals surface area contributed by atoms with Crippen molar-refractivity contribution < 1.29 is 0 Å². The topological polar surface area (TPSA) is 24.1 Å². The summed E-state index contributed by atoms with van der Waals surface area (Å²) < 4.78 is 0. The summed E-state index contributed by atoms with van der Waals surface area (Å²) >= 11 is 0. The van der Waals surface area contributed by atoms with E-state index in [0.29, 0.717) is 0 Å². The molecule has 0 bridgehead atoms. The molecule has 0 radical (unpaired) electrons. The van der Waals surface area contributed by atoms with Crippen LogP contribution in [0.15, 0.2) is 0 Å². The zero-order valence-electron chi connectivity index (χ0n) is 6.45. The highest BCUT2D eigenvalue weighted by Gasteiger charge is 2.41. The predicted molar refractivity (Wildman–Crippen MR) is 42.0 cm³/mol. The molecule has 1 saturated carbocycles. The quantitative estimate of drug-likeness (QED) is 0.507. The highest BCUT2D eigenvalue weighted by molar-refractivity contribution is 4.95. The average Bonchev–Trinajstić information content (AvgIpc) is 2.61. The maximum atomic E-state index is 3.48. The molecule has 1 spiro atoms. The van der Waals surface area contributed by atoms with Crippen LogP contribution in [0.3, 0.4) is 0 Å². The summed E-state index contributed by atoms with van der Waals surface area (Å²) in [5, 5.41) is 6.90. The first-order chi connectivity index (χ1) is 4.91. The molecule has 0 unspecified atom stereocenters. The molecule has 58 valence electrons. The monoisotopic (exact) mass is 140 g/mol. The van der Waals surface area contributed by atoms with Crippen molar-refractivity contribution in [1.29, 1.82) is 0 Å². The van der Waals surface area contributed by atoms with Crippen molar-refractivity contribution in [2.45, 2.75) is 19.3 Å². The Labute approximate surface area is 62.4 Å². The zero-order valence-corrected chi connectivity index (χ0v) is 6.45. The number of nitrogens with one attached hydrogen (secondary N) is 2. The fraction of sp³-hybridized carbons (Fsp3) is 1.00. The van der Waals surface area contributed by atoms with E-state index in [0.717, 1.165) is 18.5 Å². The highest BCUT2D eigenvalue weighted by atomic mass is 15.0. The molecule has 2 fully saturated rings. The Morgan fingerprint density at radius 2 is 1.60 bits per heavy atom. The molecule has 0 atom stereocenters. The normalized spacial score (nSPS) is 31.2. The minimum absolute atomic E-state index is 0.730. The van der Waals surface area contributed by atoms with Gasteiger partial charge in [0.25, 0.3) is 0 Å². The second kappa shape index (κ2) is 2.51. The van der Waals surface area contributed by atoms with Crippen LogP contribution in [0.4, 0.5) is 0 Å². The number of hydrogen-bond donors (Lipinski definition) is 2. The van der Waals surface area contributed by atoms with Gasteiger partial charge in [-0.2, -0.15) is 0 Å². The van der Waals surface area contributed by atoms with Crippen molar-refractivity contribution >= 4 is 0 Å². The van der Waals surface area contributed by atoms with Crippen molar-refractivity contribution in [3.8, 4) is 0 Å². The molecule has 0 amide bonds. The molecule has 2 rings (SSSR count). The molecule has 2 heteroatoms. The number of rotatable bonds is 0. The smallest absolute Gasteiger partial charge is 0.00769 e. The largest absolute Gasteiger partial charge is 0.315 e. The summed E-state index contributed by atoms with van der Waals surface area (Å²) in [4.78, 5) is 0. The summed E-state index contributed by atoms with van der Waals surface area (Å²) in [5.41, 5.74) is 0.730. The van der Waals surface area contributed by atoms with Crippen LogP contribution in [0.5, 0.6) is 0 Å². The molecule has 2 aliphatic rings. The van der Waals surface area contributed by atoms with E-state index < -0.39 is 0 Å². The molecule has 0 aromatic rings. The van der Waals surface area contributed by atoms with Gasteiger partial charge in [-0.1, -0.05) is 0 Å². The summed E-state index contributed by atoms with van der Waals surface area (Å²) in [7, 11) is 0. The van der Waals surface area contributed by atoms with E-state index in [4.69, 9.17) is 0 Å². The highest BCUT2D eigenvalue weighted by Crippen LogP contribution is 2.47. The first-order valence-corrected chi connectivity index (χ1v) is 4.33. The van der Waals surface area contributed by atoms with Gasteiger partial charge in [-0.25, -0.2) is 0 Å². The standard InChI is InChI=1S/C8H16N2/c1-2-8(1)3-4-9-5-6-10-7-8/h9-10H,1-7H2. The van der Waals surface area contributed by atoms with Crippen LogP contribution in [0.25, 0.3) is 0 Å². The minimum Gasteiger partial charge on any atom is -0.315 e. The van der Waals surface area contributed by atoms with Crippen molar-refractivity contribution in [2.75, 3.05) is 26.2 Å². The second-order valence-corrected chi connectivity index (χ2v) is 3.68. The van der Waals surface area contributed by atoms with E-state index >= 15 is 0 Å². The Kier molecular flexibility index (Phi) is 1.66. The lowest BCUT2D eigenvalue weighted by Gasteiger charge is -2.19. The van der Waals surface area contributed by atoms with Gasteiger partial charge in [-0.15, -0.1) is 0 Å². The van der Waals surface area contributed by atoms with Crippen LogP contribution in [0.1, 0.15) is 19.3 Å².